The monoisotopic (exact) mass is 349 g/mol. The van der Waals surface area contributed by atoms with Gasteiger partial charge in [-0.2, -0.15) is 0 Å². The van der Waals surface area contributed by atoms with Crippen molar-refractivity contribution in [2.75, 3.05) is 51.9 Å². The van der Waals surface area contributed by atoms with E-state index in [1.54, 1.807) is 14.2 Å². The van der Waals surface area contributed by atoms with Crippen molar-refractivity contribution in [3.05, 3.63) is 18.2 Å². The Morgan fingerprint density at radius 2 is 1.96 bits per heavy atom. The van der Waals surface area contributed by atoms with Crippen molar-refractivity contribution in [2.24, 2.45) is 5.92 Å². The van der Waals surface area contributed by atoms with Gasteiger partial charge in [-0.25, -0.2) is 9.86 Å². The van der Waals surface area contributed by atoms with Crippen LogP contribution in [0.15, 0.2) is 18.2 Å². The molecule has 2 saturated heterocycles. The van der Waals surface area contributed by atoms with Gasteiger partial charge in [0.2, 0.25) is 0 Å². The third-order valence-electron chi connectivity index (χ3n) is 4.76. The molecule has 7 nitrogen and oxygen atoms in total. The lowest BCUT2D eigenvalue weighted by atomic mass is 10.1. The highest BCUT2D eigenvalue weighted by Crippen LogP contribution is 2.31. The molecule has 7 heteroatoms. The summed E-state index contributed by atoms with van der Waals surface area (Å²) in [5, 5.41) is 4.44. The second-order valence-electron chi connectivity index (χ2n) is 6.50. The summed E-state index contributed by atoms with van der Waals surface area (Å²) in [6.45, 7) is 3.82. The molecular formula is C18H27N3O4. The van der Waals surface area contributed by atoms with E-state index in [4.69, 9.17) is 14.3 Å². The number of nitrogens with one attached hydrogen (secondary N) is 1. The Bertz CT molecular complexity index is 567. The predicted molar refractivity (Wildman–Crippen MR) is 95.2 cm³/mol. The summed E-state index contributed by atoms with van der Waals surface area (Å²) in [5.74, 6) is 1.99. The van der Waals surface area contributed by atoms with E-state index < -0.39 is 0 Å². The lowest BCUT2D eigenvalue weighted by molar-refractivity contribution is -0.139. The van der Waals surface area contributed by atoms with Crippen LogP contribution >= 0.6 is 0 Å². The average molecular weight is 349 g/mol. The molecule has 2 fully saturated rings. The number of urea groups is 1. The minimum Gasteiger partial charge on any atom is -0.497 e. The lowest BCUT2D eigenvalue weighted by Gasteiger charge is -2.26. The molecule has 0 spiro atoms. The van der Waals surface area contributed by atoms with Gasteiger partial charge in [-0.15, -0.1) is 0 Å². The number of methoxy groups -OCH3 is 2. The molecule has 1 N–H and O–H groups in total. The first kappa shape index (κ1) is 17.7. The van der Waals surface area contributed by atoms with E-state index in [9.17, 15) is 4.79 Å². The van der Waals surface area contributed by atoms with Crippen molar-refractivity contribution in [3.63, 3.8) is 0 Å². The van der Waals surface area contributed by atoms with Crippen LogP contribution in [0, 0.1) is 5.92 Å². The molecule has 138 valence electrons. The maximum absolute atomic E-state index is 12.1. The number of hydrogen-bond donors (Lipinski definition) is 1. The van der Waals surface area contributed by atoms with Crippen LogP contribution in [0.2, 0.25) is 0 Å². The van der Waals surface area contributed by atoms with Crippen LogP contribution in [0.5, 0.6) is 11.5 Å². The number of anilines is 1. The van der Waals surface area contributed by atoms with Gasteiger partial charge in [0.1, 0.15) is 11.5 Å². The standard InChI is InChI=1S/C18H27N3O4/c1-23-16-9-15(10-17(11-16)24-2)20-7-5-14(13-20)12-19-18(22)21-6-3-4-8-25-21/h9-11,14H,3-8,12-13H2,1-2H3,(H,19,22)/t14-/m0/s1. The second-order valence-corrected chi connectivity index (χ2v) is 6.50. The Balaban J connectivity index is 1.52. The van der Waals surface area contributed by atoms with Gasteiger partial charge in [-0.1, -0.05) is 0 Å². The van der Waals surface area contributed by atoms with E-state index in [2.05, 4.69) is 10.2 Å². The van der Waals surface area contributed by atoms with Crippen molar-refractivity contribution in [3.8, 4) is 11.5 Å². The second kappa shape index (κ2) is 8.29. The summed E-state index contributed by atoms with van der Waals surface area (Å²) in [5.41, 5.74) is 1.09. The quantitative estimate of drug-likeness (QED) is 0.883. The average Bonchev–Trinajstić information content (AvgIpc) is 3.15. The molecule has 2 aliphatic heterocycles. The zero-order valence-corrected chi connectivity index (χ0v) is 15.0. The highest BCUT2D eigenvalue weighted by Gasteiger charge is 2.25. The number of benzene rings is 1. The summed E-state index contributed by atoms with van der Waals surface area (Å²) >= 11 is 0. The van der Waals surface area contributed by atoms with Gasteiger partial charge in [-0.05, 0) is 25.2 Å². The van der Waals surface area contributed by atoms with Crippen molar-refractivity contribution in [2.45, 2.75) is 19.3 Å². The first-order chi connectivity index (χ1) is 12.2. The van der Waals surface area contributed by atoms with E-state index in [1.165, 1.54) is 5.06 Å². The first-order valence-corrected chi connectivity index (χ1v) is 8.86. The topological polar surface area (TPSA) is 63.3 Å². The maximum atomic E-state index is 12.1. The summed E-state index contributed by atoms with van der Waals surface area (Å²) in [7, 11) is 3.31. The molecule has 2 amide bonds. The van der Waals surface area contributed by atoms with E-state index in [0.717, 1.165) is 49.5 Å². The Labute approximate surface area is 148 Å². The van der Waals surface area contributed by atoms with Crippen molar-refractivity contribution in [1.29, 1.82) is 0 Å². The minimum absolute atomic E-state index is 0.124. The van der Waals surface area contributed by atoms with Gasteiger partial charge in [0, 0.05) is 43.5 Å². The van der Waals surface area contributed by atoms with E-state index in [1.807, 2.05) is 18.2 Å². The Hall–Kier alpha value is -2.15. The molecule has 0 aliphatic carbocycles. The fraction of sp³-hybridized carbons (Fsp3) is 0.611. The van der Waals surface area contributed by atoms with Crippen LogP contribution in [-0.4, -0.2) is 58.1 Å². The van der Waals surface area contributed by atoms with Crippen molar-refractivity contribution in [1.82, 2.24) is 10.4 Å². The largest absolute Gasteiger partial charge is 0.497 e. The third-order valence-corrected chi connectivity index (χ3v) is 4.76. The smallest absolute Gasteiger partial charge is 0.341 e. The maximum Gasteiger partial charge on any atom is 0.341 e. The molecule has 0 radical (unpaired) electrons. The van der Waals surface area contributed by atoms with E-state index in [-0.39, 0.29) is 6.03 Å². The molecule has 3 rings (SSSR count). The number of hydrogen-bond acceptors (Lipinski definition) is 5. The van der Waals surface area contributed by atoms with Gasteiger partial charge in [-0.3, -0.25) is 4.84 Å². The highest BCUT2D eigenvalue weighted by molar-refractivity contribution is 5.73. The molecule has 1 atom stereocenters. The molecule has 0 saturated carbocycles. The number of ether oxygens (including phenoxy) is 2. The van der Waals surface area contributed by atoms with E-state index in [0.29, 0.717) is 25.6 Å². The number of amides is 2. The molecule has 25 heavy (non-hydrogen) atoms. The normalized spacial score (nSPS) is 20.5. The first-order valence-electron chi connectivity index (χ1n) is 8.86. The molecule has 0 aromatic heterocycles. The SMILES string of the molecule is COc1cc(OC)cc(N2CC[C@@H](CNC(=O)N3CCCCO3)C2)c1. The van der Waals surface area contributed by atoms with Crippen LogP contribution in [0.1, 0.15) is 19.3 Å². The molecule has 0 bridgehead atoms. The molecule has 2 aliphatic rings. The van der Waals surface area contributed by atoms with Crippen molar-refractivity contribution >= 4 is 11.7 Å². The fourth-order valence-corrected chi connectivity index (χ4v) is 3.29. The highest BCUT2D eigenvalue weighted by atomic mass is 16.7. The summed E-state index contributed by atoms with van der Waals surface area (Å²) < 4.78 is 10.7. The lowest BCUT2D eigenvalue weighted by Crippen LogP contribution is -2.44. The van der Waals surface area contributed by atoms with Crippen LogP contribution in [0.3, 0.4) is 0 Å². The van der Waals surface area contributed by atoms with Crippen molar-refractivity contribution < 1.29 is 19.1 Å². The Kier molecular flexibility index (Phi) is 5.86. The van der Waals surface area contributed by atoms with Crippen LogP contribution in [0.25, 0.3) is 0 Å². The number of rotatable bonds is 5. The fourth-order valence-electron chi connectivity index (χ4n) is 3.29. The zero-order chi connectivity index (χ0) is 17.6. The number of hydroxylamine groups is 2. The summed E-state index contributed by atoms with van der Waals surface area (Å²) in [6.07, 6.45) is 3.06. The summed E-state index contributed by atoms with van der Waals surface area (Å²) in [4.78, 5) is 19.8. The van der Waals surface area contributed by atoms with Gasteiger partial charge in [0.15, 0.2) is 0 Å². The number of nitrogens with zero attached hydrogens (tertiary/aromatic N) is 2. The molecular weight excluding hydrogens is 322 g/mol. The molecule has 1 aromatic rings. The van der Waals surface area contributed by atoms with Crippen LogP contribution in [-0.2, 0) is 4.84 Å². The molecule has 2 heterocycles. The molecule has 1 aromatic carbocycles. The van der Waals surface area contributed by atoms with Gasteiger partial charge < -0.3 is 19.7 Å². The van der Waals surface area contributed by atoms with Gasteiger partial charge in [0.25, 0.3) is 0 Å². The third kappa shape index (κ3) is 4.48. The molecule has 0 unspecified atom stereocenters. The Morgan fingerprint density at radius 3 is 2.60 bits per heavy atom. The summed E-state index contributed by atoms with van der Waals surface area (Å²) in [6, 6.07) is 5.78. The van der Waals surface area contributed by atoms with Crippen LogP contribution < -0.4 is 19.7 Å². The minimum atomic E-state index is -0.124. The zero-order valence-electron chi connectivity index (χ0n) is 15.0. The van der Waals surface area contributed by atoms with Gasteiger partial charge in [0.05, 0.1) is 27.4 Å². The predicted octanol–water partition coefficient (Wildman–Crippen LogP) is 2.27. The van der Waals surface area contributed by atoms with Gasteiger partial charge >= 0.3 is 6.03 Å². The Morgan fingerprint density at radius 1 is 1.20 bits per heavy atom. The van der Waals surface area contributed by atoms with Crippen LogP contribution in [0.4, 0.5) is 10.5 Å². The van der Waals surface area contributed by atoms with E-state index >= 15 is 0 Å². The number of carbonyl (C=O) groups excluding carboxylic acids is 1. The number of carbonyl (C=O) groups is 1.